The van der Waals surface area contributed by atoms with Crippen LogP contribution in [-0.2, 0) is 10.2 Å². The molecule has 3 heteroatoms. The Bertz CT molecular complexity index is 581. The summed E-state index contributed by atoms with van der Waals surface area (Å²) in [4.78, 5) is 12.4. The number of halogens is 1. The van der Waals surface area contributed by atoms with Crippen LogP contribution in [0.3, 0.4) is 0 Å². The lowest BCUT2D eigenvalue weighted by Gasteiger charge is -2.34. The highest BCUT2D eigenvalue weighted by atomic mass is 19.1. The van der Waals surface area contributed by atoms with Crippen LogP contribution in [0.25, 0.3) is 5.76 Å². The van der Waals surface area contributed by atoms with Gasteiger partial charge < -0.3 is 5.11 Å². The summed E-state index contributed by atoms with van der Waals surface area (Å²) in [5.41, 5.74) is 0.573. The summed E-state index contributed by atoms with van der Waals surface area (Å²) in [6.07, 6.45) is 2.78. The zero-order valence-corrected chi connectivity index (χ0v) is 12.5. The Morgan fingerprint density at radius 3 is 2.55 bits per heavy atom. The van der Waals surface area contributed by atoms with Crippen LogP contribution in [-0.4, -0.2) is 10.9 Å². The van der Waals surface area contributed by atoms with Crippen LogP contribution in [0.1, 0.15) is 51.7 Å². The SMILES string of the molecule is CC(C)(C)CC[C@]1(C)C(=O)C=C(O)c2cc(F)ccc21. The fraction of sp³-hybridized carbons (Fsp3) is 0.471. The Kier molecular flexibility index (Phi) is 3.49. The van der Waals surface area contributed by atoms with Gasteiger partial charge in [-0.1, -0.05) is 26.8 Å². The Hall–Kier alpha value is -1.64. The zero-order valence-electron chi connectivity index (χ0n) is 12.5. The molecule has 1 aliphatic carbocycles. The lowest BCUT2D eigenvalue weighted by atomic mass is 9.68. The minimum absolute atomic E-state index is 0.113. The predicted molar refractivity (Wildman–Crippen MR) is 78.1 cm³/mol. The molecule has 20 heavy (non-hydrogen) atoms. The van der Waals surface area contributed by atoms with Crippen LogP contribution in [0.5, 0.6) is 0 Å². The molecule has 1 atom stereocenters. The maximum Gasteiger partial charge on any atom is 0.169 e. The lowest BCUT2D eigenvalue weighted by molar-refractivity contribution is -0.120. The number of aliphatic hydroxyl groups excluding tert-OH is 1. The Morgan fingerprint density at radius 2 is 1.95 bits per heavy atom. The van der Waals surface area contributed by atoms with Crippen molar-refractivity contribution in [2.45, 2.75) is 46.0 Å². The molecule has 2 rings (SSSR count). The second-order valence-corrected chi connectivity index (χ2v) is 6.98. The Labute approximate surface area is 119 Å². The average Bonchev–Trinajstić information content (AvgIpc) is 2.33. The van der Waals surface area contributed by atoms with Crippen molar-refractivity contribution in [3.8, 4) is 0 Å². The van der Waals surface area contributed by atoms with E-state index in [0.29, 0.717) is 17.5 Å². The summed E-state index contributed by atoms with van der Waals surface area (Å²) in [6.45, 7) is 8.26. The second-order valence-electron chi connectivity index (χ2n) is 6.98. The smallest absolute Gasteiger partial charge is 0.169 e. The van der Waals surface area contributed by atoms with Crippen LogP contribution in [0.2, 0.25) is 0 Å². The Balaban J connectivity index is 2.47. The largest absolute Gasteiger partial charge is 0.507 e. The molecule has 1 aromatic rings. The number of carbonyl (C=O) groups excluding carboxylic acids is 1. The van der Waals surface area contributed by atoms with E-state index in [-0.39, 0.29) is 17.0 Å². The van der Waals surface area contributed by atoms with Crippen molar-refractivity contribution in [2.24, 2.45) is 5.41 Å². The molecule has 0 fully saturated rings. The molecule has 0 bridgehead atoms. The number of allylic oxidation sites excluding steroid dienone is 1. The van der Waals surface area contributed by atoms with E-state index in [1.165, 1.54) is 18.2 Å². The Morgan fingerprint density at radius 1 is 1.30 bits per heavy atom. The topological polar surface area (TPSA) is 37.3 Å². The molecule has 0 aliphatic heterocycles. The van der Waals surface area contributed by atoms with Crippen molar-refractivity contribution in [3.05, 3.63) is 41.2 Å². The van der Waals surface area contributed by atoms with E-state index in [2.05, 4.69) is 20.8 Å². The summed E-state index contributed by atoms with van der Waals surface area (Å²) in [7, 11) is 0. The molecule has 0 saturated heterocycles. The lowest BCUT2D eigenvalue weighted by Crippen LogP contribution is -2.36. The van der Waals surface area contributed by atoms with E-state index in [0.717, 1.165) is 6.42 Å². The highest BCUT2D eigenvalue weighted by molar-refractivity contribution is 6.06. The maximum atomic E-state index is 13.4. The van der Waals surface area contributed by atoms with E-state index in [9.17, 15) is 14.3 Å². The van der Waals surface area contributed by atoms with Gasteiger partial charge in [0.2, 0.25) is 0 Å². The summed E-state index contributed by atoms with van der Waals surface area (Å²) in [5.74, 6) is -0.660. The standard InChI is InChI=1S/C17H21FO2/c1-16(2,3)7-8-17(4)13-6-5-11(18)9-12(13)14(19)10-15(17)20/h5-6,9-10,19H,7-8H2,1-4H3/t17-/m0/s1. The van der Waals surface area contributed by atoms with E-state index >= 15 is 0 Å². The highest BCUT2D eigenvalue weighted by Gasteiger charge is 2.40. The molecule has 1 aliphatic rings. The first-order chi connectivity index (χ1) is 9.13. The molecular weight excluding hydrogens is 255 g/mol. The van der Waals surface area contributed by atoms with E-state index in [4.69, 9.17) is 0 Å². The second kappa shape index (κ2) is 4.72. The molecule has 0 unspecified atom stereocenters. The van der Waals surface area contributed by atoms with Gasteiger partial charge in [-0.15, -0.1) is 0 Å². The fourth-order valence-electron chi connectivity index (χ4n) is 2.59. The van der Waals surface area contributed by atoms with Crippen molar-refractivity contribution < 1.29 is 14.3 Å². The van der Waals surface area contributed by atoms with E-state index in [1.54, 1.807) is 6.07 Å². The zero-order chi connectivity index (χ0) is 15.1. The monoisotopic (exact) mass is 276 g/mol. The van der Waals surface area contributed by atoms with Gasteiger partial charge in [0.1, 0.15) is 11.6 Å². The number of carbonyl (C=O) groups is 1. The minimum Gasteiger partial charge on any atom is -0.507 e. The molecule has 0 spiro atoms. The van der Waals surface area contributed by atoms with Gasteiger partial charge in [-0.2, -0.15) is 0 Å². The molecule has 1 aromatic carbocycles. The predicted octanol–water partition coefficient (Wildman–Crippen LogP) is 4.39. The quantitative estimate of drug-likeness (QED) is 0.869. The molecule has 2 nitrogen and oxygen atoms in total. The third kappa shape index (κ3) is 2.62. The van der Waals surface area contributed by atoms with Gasteiger partial charge in [-0.05, 0) is 42.9 Å². The van der Waals surface area contributed by atoms with Gasteiger partial charge in [-0.25, -0.2) is 4.39 Å². The molecule has 0 amide bonds. The first-order valence-corrected chi connectivity index (χ1v) is 6.89. The summed E-state index contributed by atoms with van der Waals surface area (Å²) in [5, 5.41) is 9.89. The van der Waals surface area contributed by atoms with E-state index in [1.807, 2.05) is 6.92 Å². The number of benzene rings is 1. The van der Waals surface area contributed by atoms with Crippen LogP contribution >= 0.6 is 0 Å². The maximum absolute atomic E-state index is 13.4. The number of fused-ring (bicyclic) bond motifs is 1. The van der Waals surface area contributed by atoms with Gasteiger partial charge in [0.25, 0.3) is 0 Å². The van der Waals surface area contributed by atoms with Crippen LogP contribution < -0.4 is 0 Å². The van der Waals surface area contributed by atoms with Crippen molar-refractivity contribution in [2.75, 3.05) is 0 Å². The molecule has 108 valence electrons. The van der Waals surface area contributed by atoms with E-state index < -0.39 is 11.2 Å². The third-order valence-electron chi connectivity index (χ3n) is 4.04. The van der Waals surface area contributed by atoms with Gasteiger partial charge in [0, 0.05) is 11.6 Å². The first kappa shape index (κ1) is 14.8. The molecular formula is C17H21FO2. The van der Waals surface area contributed by atoms with Crippen LogP contribution in [0.15, 0.2) is 24.3 Å². The summed E-state index contributed by atoms with van der Waals surface area (Å²) < 4.78 is 13.4. The van der Waals surface area contributed by atoms with Gasteiger partial charge in [0.05, 0.1) is 5.41 Å². The first-order valence-electron chi connectivity index (χ1n) is 6.89. The third-order valence-corrected chi connectivity index (χ3v) is 4.04. The normalized spacial score (nSPS) is 22.4. The van der Waals surface area contributed by atoms with Crippen LogP contribution in [0.4, 0.5) is 4.39 Å². The average molecular weight is 276 g/mol. The number of hydrogen-bond donors (Lipinski definition) is 1. The van der Waals surface area contributed by atoms with Crippen molar-refractivity contribution in [3.63, 3.8) is 0 Å². The molecule has 0 radical (unpaired) electrons. The summed E-state index contributed by atoms with van der Waals surface area (Å²) >= 11 is 0. The number of hydrogen-bond acceptors (Lipinski definition) is 2. The van der Waals surface area contributed by atoms with Crippen LogP contribution in [0, 0.1) is 11.2 Å². The molecule has 1 N–H and O–H groups in total. The summed E-state index contributed by atoms with van der Waals surface area (Å²) in [6, 6.07) is 4.26. The van der Waals surface area contributed by atoms with Crippen molar-refractivity contribution in [1.29, 1.82) is 0 Å². The van der Waals surface area contributed by atoms with Gasteiger partial charge >= 0.3 is 0 Å². The molecule has 0 aromatic heterocycles. The van der Waals surface area contributed by atoms with Gasteiger partial charge in [0.15, 0.2) is 5.78 Å². The van der Waals surface area contributed by atoms with Crippen molar-refractivity contribution in [1.82, 2.24) is 0 Å². The van der Waals surface area contributed by atoms with Crippen molar-refractivity contribution >= 4 is 11.5 Å². The number of ketones is 1. The number of rotatable bonds is 2. The fourth-order valence-corrected chi connectivity index (χ4v) is 2.59. The highest BCUT2D eigenvalue weighted by Crippen LogP contribution is 2.41. The minimum atomic E-state index is -0.692. The number of aliphatic hydroxyl groups is 1. The van der Waals surface area contributed by atoms with Gasteiger partial charge in [-0.3, -0.25) is 4.79 Å². The molecule has 0 saturated carbocycles. The molecule has 0 heterocycles.